The first-order valence-electron chi connectivity index (χ1n) is 6.39. The average Bonchev–Trinajstić information content (AvgIpc) is 2.77. The number of hydrogen-bond acceptors (Lipinski definition) is 3. The van der Waals surface area contributed by atoms with Crippen LogP contribution in [0.3, 0.4) is 0 Å². The number of phenolic OH excluding ortho intramolecular Hbond substituents is 1. The molecule has 0 amide bonds. The van der Waals surface area contributed by atoms with Gasteiger partial charge in [-0.15, -0.1) is 0 Å². The Kier molecular flexibility index (Phi) is 2.89. The van der Waals surface area contributed by atoms with Crippen molar-refractivity contribution in [1.29, 1.82) is 0 Å². The lowest BCUT2D eigenvalue weighted by molar-refractivity contribution is 0.470. The molecule has 2 heterocycles. The van der Waals surface area contributed by atoms with Crippen molar-refractivity contribution in [2.45, 2.75) is 19.9 Å². The van der Waals surface area contributed by atoms with Crippen LogP contribution in [0.15, 0.2) is 36.7 Å². The summed E-state index contributed by atoms with van der Waals surface area (Å²) in [5, 5.41) is 9.97. The van der Waals surface area contributed by atoms with Crippen molar-refractivity contribution in [2.24, 2.45) is 0 Å². The highest BCUT2D eigenvalue weighted by atomic mass is 19.1. The van der Waals surface area contributed by atoms with Gasteiger partial charge in [-0.05, 0) is 32.0 Å². The van der Waals surface area contributed by atoms with Gasteiger partial charge < -0.3 is 9.67 Å². The minimum absolute atomic E-state index is 0.0800. The zero-order valence-electron chi connectivity index (χ0n) is 11.2. The van der Waals surface area contributed by atoms with Crippen LogP contribution < -0.4 is 0 Å². The zero-order chi connectivity index (χ0) is 14.3. The zero-order valence-corrected chi connectivity index (χ0v) is 11.2. The number of rotatable bonds is 2. The van der Waals surface area contributed by atoms with Crippen molar-refractivity contribution < 1.29 is 9.50 Å². The van der Waals surface area contributed by atoms with E-state index in [-0.39, 0.29) is 17.4 Å². The number of nitrogens with zero attached hydrogens (tertiary/aromatic N) is 3. The maximum Gasteiger partial charge on any atom is 0.148 e. The van der Waals surface area contributed by atoms with E-state index in [0.717, 1.165) is 5.52 Å². The van der Waals surface area contributed by atoms with E-state index < -0.39 is 5.82 Å². The molecule has 0 aliphatic heterocycles. The molecule has 0 atom stereocenters. The van der Waals surface area contributed by atoms with Gasteiger partial charge >= 0.3 is 0 Å². The van der Waals surface area contributed by atoms with E-state index in [1.165, 1.54) is 18.2 Å². The van der Waals surface area contributed by atoms with E-state index in [9.17, 15) is 9.50 Å². The Bertz CT molecular complexity index is 760. The number of fused-ring (bicyclic) bond motifs is 1. The number of halogens is 1. The second-order valence-corrected chi connectivity index (χ2v) is 4.90. The maximum atomic E-state index is 14.1. The number of benzene rings is 1. The van der Waals surface area contributed by atoms with Crippen LogP contribution in [-0.4, -0.2) is 19.6 Å². The summed E-state index contributed by atoms with van der Waals surface area (Å²) in [7, 11) is 0. The molecule has 0 radical (unpaired) electrons. The second kappa shape index (κ2) is 4.59. The number of aromatic hydroxyl groups is 1. The highest BCUT2D eigenvalue weighted by Crippen LogP contribution is 2.34. The summed E-state index contributed by atoms with van der Waals surface area (Å²) in [6, 6.07) is 6.16. The van der Waals surface area contributed by atoms with Gasteiger partial charge in [0.15, 0.2) is 0 Å². The van der Waals surface area contributed by atoms with Gasteiger partial charge in [-0.1, -0.05) is 6.07 Å². The molecule has 0 unspecified atom stereocenters. The van der Waals surface area contributed by atoms with Crippen molar-refractivity contribution in [2.75, 3.05) is 0 Å². The summed E-state index contributed by atoms with van der Waals surface area (Å²) in [6.07, 6.45) is 3.31. The van der Waals surface area contributed by atoms with Crippen molar-refractivity contribution in [3.63, 3.8) is 0 Å². The molecule has 0 aliphatic carbocycles. The molecule has 0 aliphatic rings. The predicted molar refractivity (Wildman–Crippen MR) is 75.0 cm³/mol. The van der Waals surface area contributed by atoms with Crippen LogP contribution in [0.25, 0.3) is 22.4 Å². The van der Waals surface area contributed by atoms with Gasteiger partial charge in [-0.2, -0.15) is 0 Å². The molecule has 20 heavy (non-hydrogen) atoms. The van der Waals surface area contributed by atoms with E-state index in [1.807, 2.05) is 24.5 Å². The smallest absolute Gasteiger partial charge is 0.148 e. The molecular weight excluding hydrogens is 257 g/mol. The van der Waals surface area contributed by atoms with Gasteiger partial charge in [-0.3, -0.25) is 4.98 Å². The average molecular weight is 271 g/mol. The fourth-order valence-corrected chi connectivity index (χ4v) is 2.38. The van der Waals surface area contributed by atoms with E-state index in [4.69, 9.17) is 0 Å². The first-order valence-corrected chi connectivity index (χ1v) is 6.39. The van der Waals surface area contributed by atoms with Crippen molar-refractivity contribution in [3.8, 4) is 17.1 Å². The minimum atomic E-state index is -0.491. The van der Waals surface area contributed by atoms with Gasteiger partial charge in [0.2, 0.25) is 0 Å². The quantitative estimate of drug-likeness (QED) is 0.775. The molecule has 5 heteroatoms. The standard InChI is InChI=1S/C15H14FN3O/c1-9(2)19-12-6-7-17-8-11(12)18-15(19)14-10(16)4-3-5-13(14)20/h3-9,20H,1-2H3. The summed E-state index contributed by atoms with van der Waals surface area (Å²) in [4.78, 5) is 8.46. The van der Waals surface area contributed by atoms with Gasteiger partial charge in [0.05, 0.1) is 17.3 Å². The Balaban J connectivity index is 2.39. The van der Waals surface area contributed by atoms with E-state index in [2.05, 4.69) is 9.97 Å². The Hall–Kier alpha value is -2.43. The third kappa shape index (κ3) is 1.82. The summed E-state index contributed by atoms with van der Waals surface area (Å²) < 4.78 is 16.0. The summed E-state index contributed by atoms with van der Waals surface area (Å²) >= 11 is 0. The lowest BCUT2D eigenvalue weighted by Crippen LogP contribution is -2.04. The minimum Gasteiger partial charge on any atom is -0.507 e. The van der Waals surface area contributed by atoms with Crippen LogP contribution >= 0.6 is 0 Å². The molecule has 1 N–H and O–H groups in total. The van der Waals surface area contributed by atoms with Crippen molar-refractivity contribution in [3.05, 3.63) is 42.5 Å². The first kappa shape index (κ1) is 12.6. The number of pyridine rings is 1. The summed E-state index contributed by atoms with van der Waals surface area (Å²) in [5.74, 6) is -0.191. The molecule has 1 aromatic carbocycles. The van der Waals surface area contributed by atoms with Crippen LogP contribution in [0.1, 0.15) is 19.9 Å². The van der Waals surface area contributed by atoms with Crippen molar-refractivity contribution in [1.82, 2.24) is 14.5 Å². The van der Waals surface area contributed by atoms with Gasteiger partial charge in [0.1, 0.15) is 22.9 Å². The lowest BCUT2D eigenvalue weighted by Gasteiger charge is -2.14. The number of hydrogen-bond donors (Lipinski definition) is 1. The number of aromatic nitrogens is 3. The largest absolute Gasteiger partial charge is 0.507 e. The first-order chi connectivity index (χ1) is 9.59. The molecule has 4 nitrogen and oxygen atoms in total. The van der Waals surface area contributed by atoms with Gasteiger partial charge in [-0.25, -0.2) is 9.37 Å². The summed E-state index contributed by atoms with van der Waals surface area (Å²) in [6.45, 7) is 3.98. The molecular formula is C15H14FN3O. The molecule has 0 saturated heterocycles. The SMILES string of the molecule is CC(C)n1c(-c2c(O)cccc2F)nc2cnccc21. The van der Waals surface area contributed by atoms with E-state index >= 15 is 0 Å². The Morgan fingerprint density at radius 1 is 1.25 bits per heavy atom. The molecule has 3 aromatic rings. The maximum absolute atomic E-state index is 14.1. The Morgan fingerprint density at radius 2 is 2.05 bits per heavy atom. The fraction of sp³-hybridized carbons (Fsp3) is 0.200. The molecule has 0 bridgehead atoms. The highest BCUT2D eigenvalue weighted by Gasteiger charge is 2.20. The lowest BCUT2D eigenvalue weighted by atomic mass is 10.1. The molecule has 102 valence electrons. The van der Waals surface area contributed by atoms with Crippen LogP contribution in [0.2, 0.25) is 0 Å². The van der Waals surface area contributed by atoms with E-state index in [1.54, 1.807) is 12.4 Å². The normalized spacial score (nSPS) is 11.4. The molecule has 0 spiro atoms. The topological polar surface area (TPSA) is 50.9 Å². The number of imidazole rings is 1. The molecule has 0 saturated carbocycles. The van der Waals surface area contributed by atoms with Crippen molar-refractivity contribution >= 4 is 11.0 Å². The highest BCUT2D eigenvalue weighted by molar-refractivity contribution is 5.81. The molecule has 0 fully saturated rings. The second-order valence-electron chi connectivity index (χ2n) is 4.90. The Morgan fingerprint density at radius 3 is 2.75 bits per heavy atom. The third-order valence-electron chi connectivity index (χ3n) is 3.22. The van der Waals surface area contributed by atoms with Gasteiger partial charge in [0, 0.05) is 12.2 Å². The summed E-state index contributed by atoms with van der Waals surface area (Å²) in [5.41, 5.74) is 1.67. The molecule has 3 rings (SSSR count). The van der Waals surface area contributed by atoms with Crippen LogP contribution in [0.4, 0.5) is 4.39 Å². The number of phenols is 1. The monoisotopic (exact) mass is 271 g/mol. The van der Waals surface area contributed by atoms with Crippen LogP contribution in [0.5, 0.6) is 5.75 Å². The Labute approximate surface area is 115 Å². The van der Waals surface area contributed by atoms with Gasteiger partial charge in [0.25, 0.3) is 0 Å². The van der Waals surface area contributed by atoms with E-state index in [0.29, 0.717) is 11.3 Å². The predicted octanol–water partition coefficient (Wildman–Crippen LogP) is 3.52. The van der Waals surface area contributed by atoms with Crippen LogP contribution in [-0.2, 0) is 0 Å². The third-order valence-corrected chi connectivity index (χ3v) is 3.22. The van der Waals surface area contributed by atoms with Crippen LogP contribution in [0, 0.1) is 5.82 Å². The molecule has 2 aromatic heterocycles. The fourth-order valence-electron chi connectivity index (χ4n) is 2.38.